The summed E-state index contributed by atoms with van der Waals surface area (Å²) in [6, 6.07) is 8.78. The Hall–Kier alpha value is -2.14. The van der Waals surface area contributed by atoms with Crippen molar-refractivity contribution in [2.45, 2.75) is 0 Å². The molecule has 2 rings (SSSR count). The molecule has 98 valence electrons. The van der Waals surface area contributed by atoms with Crippen molar-refractivity contribution in [2.24, 2.45) is 0 Å². The molecule has 0 aliphatic heterocycles. The van der Waals surface area contributed by atoms with Crippen molar-refractivity contribution >= 4 is 23.3 Å². The van der Waals surface area contributed by atoms with E-state index in [-0.39, 0.29) is 11.4 Å². The van der Waals surface area contributed by atoms with Crippen molar-refractivity contribution in [2.75, 3.05) is 12.4 Å². The van der Waals surface area contributed by atoms with Crippen LogP contribution in [0.1, 0.15) is 10.4 Å². The highest BCUT2D eigenvalue weighted by Gasteiger charge is 2.13. The maximum Gasteiger partial charge on any atom is 0.260 e. The molecule has 1 N–H and O–H groups in total. The number of hydrogen-bond acceptors (Lipinski definition) is 3. The van der Waals surface area contributed by atoms with Crippen molar-refractivity contribution in [1.82, 2.24) is 4.98 Å². The molecule has 1 amide bonds. The Morgan fingerprint density at radius 1 is 1.37 bits per heavy atom. The van der Waals surface area contributed by atoms with E-state index in [1.54, 1.807) is 12.1 Å². The summed E-state index contributed by atoms with van der Waals surface area (Å²) in [6.07, 6.45) is 0. The number of amides is 1. The number of halogens is 2. The van der Waals surface area contributed by atoms with E-state index in [1.807, 2.05) is 0 Å². The molecule has 0 bridgehead atoms. The Morgan fingerprint density at radius 3 is 2.84 bits per heavy atom. The SMILES string of the molecule is COc1ccc(Cl)cc1C(=O)Nc1cccc(F)n1. The first-order chi connectivity index (χ1) is 9.10. The highest BCUT2D eigenvalue weighted by molar-refractivity contribution is 6.31. The summed E-state index contributed by atoms with van der Waals surface area (Å²) in [5.41, 5.74) is 0.251. The van der Waals surface area contributed by atoms with E-state index in [0.29, 0.717) is 10.8 Å². The van der Waals surface area contributed by atoms with Gasteiger partial charge < -0.3 is 10.1 Å². The number of nitrogens with zero attached hydrogens (tertiary/aromatic N) is 1. The van der Waals surface area contributed by atoms with Gasteiger partial charge in [-0.15, -0.1) is 0 Å². The fourth-order valence-corrected chi connectivity index (χ4v) is 1.69. The monoisotopic (exact) mass is 280 g/mol. The number of carbonyl (C=O) groups is 1. The summed E-state index contributed by atoms with van der Waals surface area (Å²) >= 11 is 5.83. The Morgan fingerprint density at radius 2 is 2.16 bits per heavy atom. The first-order valence-corrected chi connectivity index (χ1v) is 5.75. The predicted molar refractivity (Wildman–Crippen MR) is 70.2 cm³/mol. The molecule has 1 aromatic heterocycles. The molecule has 19 heavy (non-hydrogen) atoms. The van der Waals surface area contributed by atoms with Gasteiger partial charge in [0.25, 0.3) is 5.91 Å². The molecule has 4 nitrogen and oxygen atoms in total. The van der Waals surface area contributed by atoms with Crippen LogP contribution in [0, 0.1) is 5.95 Å². The maximum absolute atomic E-state index is 12.9. The van der Waals surface area contributed by atoms with Crippen LogP contribution in [0.25, 0.3) is 0 Å². The number of ether oxygens (including phenoxy) is 1. The highest BCUT2D eigenvalue weighted by Crippen LogP contribution is 2.23. The van der Waals surface area contributed by atoms with Gasteiger partial charge in [-0.2, -0.15) is 4.39 Å². The quantitative estimate of drug-likeness (QED) is 0.879. The van der Waals surface area contributed by atoms with Crippen LogP contribution in [0.2, 0.25) is 5.02 Å². The summed E-state index contributed by atoms with van der Waals surface area (Å²) < 4.78 is 18.0. The van der Waals surface area contributed by atoms with Gasteiger partial charge >= 0.3 is 0 Å². The minimum Gasteiger partial charge on any atom is -0.496 e. The van der Waals surface area contributed by atoms with Crippen LogP contribution >= 0.6 is 11.6 Å². The van der Waals surface area contributed by atoms with E-state index in [1.165, 1.54) is 31.4 Å². The van der Waals surface area contributed by atoms with Crippen LogP contribution in [0.15, 0.2) is 36.4 Å². The third-order valence-electron chi connectivity index (χ3n) is 2.36. The number of rotatable bonds is 3. The summed E-state index contributed by atoms with van der Waals surface area (Å²) in [5, 5.41) is 2.87. The second-order valence-electron chi connectivity index (χ2n) is 3.64. The van der Waals surface area contributed by atoms with Gasteiger partial charge in [0, 0.05) is 5.02 Å². The molecule has 0 saturated carbocycles. The number of nitrogens with one attached hydrogen (secondary N) is 1. The van der Waals surface area contributed by atoms with Gasteiger partial charge in [-0.3, -0.25) is 4.79 Å². The minimum absolute atomic E-state index is 0.118. The molecule has 0 fully saturated rings. The Labute approximate surface area is 114 Å². The molecule has 0 spiro atoms. The Balaban J connectivity index is 2.27. The molecule has 2 aromatic rings. The summed E-state index contributed by atoms with van der Waals surface area (Å²) in [4.78, 5) is 15.6. The van der Waals surface area contributed by atoms with Gasteiger partial charge in [0.15, 0.2) is 0 Å². The van der Waals surface area contributed by atoms with Gasteiger partial charge in [0.2, 0.25) is 5.95 Å². The third-order valence-corrected chi connectivity index (χ3v) is 2.60. The molecule has 1 heterocycles. The van der Waals surface area contributed by atoms with E-state index in [9.17, 15) is 9.18 Å². The zero-order valence-corrected chi connectivity index (χ0v) is 10.7. The van der Waals surface area contributed by atoms with E-state index >= 15 is 0 Å². The van der Waals surface area contributed by atoms with E-state index < -0.39 is 11.9 Å². The summed E-state index contributed by atoms with van der Waals surface area (Å²) in [7, 11) is 1.44. The molecule has 0 aliphatic rings. The lowest BCUT2D eigenvalue weighted by atomic mass is 10.2. The third kappa shape index (κ3) is 3.20. The average Bonchev–Trinajstić information content (AvgIpc) is 2.38. The molecule has 0 atom stereocenters. The summed E-state index contributed by atoms with van der Waals surface area (Å²) in [6.45, 7) is 0. The van der Waals surface area contributed by atoms with Gasteiger partial charge in [-0.25, -0.2) is 4.98 Å². The highest BCUT2D eigenvalue weighted by atomic mass is 35.5. The average molecular weight is 281 g/mol. The van der Waals surface area contributed by atoms with Crippen LogP contribution in [0.3, 0.4) is 0 Å². The van der Waals surface area contributed by atoms with Crippen molar-refractivity contribution in [3.8, 4) is 5.75 Å². The van der Waals surface area contributed by atoms with Crippen molar-refractivity contribution in [1.29, 1.82) is 0 Å². The Kier molecular flexibility index (Phi) is 3.97. The summed E-state index contributed by atoms with van der Waals surface area (Å²) in [5.74, 6) is -0.654. The van der Waals surface area contributed by atoms with E-state index in [4.69, 9.17) is 16.3 Å². The van der Waals surface area contributed by atoms with E-state index in [2.05, 4.69) is 10.3 Å². The molecular weight excluding hydrogens is 271 g/mol. The lowest BCUT2D eigenvalue weighted by molar-refractivity contribution is 0.102. The van der Waals surface area contributed by atoms with Gasteiger partial charge in [0.05, 0.1) is 12.7 Å². The van der Waals surface area contributed by atoms with Crippen LogP contribution in [-0.2, 0) is 0 Å². The molecule has 1 aromatic carbocycles. The zero-order valence-electron chi connectivity index (χ0n) is 9.98. The van der Waals surface area contributed by atoms with Gasteiger partial charge in [-0.1, -0.05) is 17.7 Å². The topological polar surface area (TPSA) is 51.2 Å². The molecule has 0 saturated heterocycles. The lowest BCUT2D eigenvalue weighted by Crippen LogP contribution is -2.14. The van der Waals surface area contributed by atoms with Crippen molar-refractivity contribution < 1.29 is 13.9 Å². The van der Waals surface area contributed by atoms with Crippen molar-refractivity contribution in [3.05, 3.63) is 52.9 Å². The first-order valence-electron chi connectivity index (χ1n) is 5.37. The standard InChI is InChI=1S/C13H10ClFN2O2/c1-19-10-6-5-8(14)7-9(10)13(18)17-12-4-2-3-11(15)16-12/h2-7H,1H3,(H,16,17,18). The van der Waals surface area contributed by atoms with Crippen LogP contribution in [0.5, 0.6) is 5.75 Å². The van der Waals surface area contributed by atoms with E-state index in [0.717, 1.165) is 0 Å². The normalized spacial score (nSPS) is 10.1. The van der Waals surface area contributed by atoms with Crippen molar-refractivity contribution in [3.63, 3.8) is 0 Å². The smallest absolute Gasteiger partial charge is 0.260 e. The van der Waals surface area contributed by atoms with Crippen LogP contribution < -0.4 is 10.1 Å². The van der Waals surface area contributed by atoms with Gasteiger partial charge in [0.1, 0.15) is 11.6 Å². The molecule has 0 unspecified atom stereocenters. The largest absolute Gasteiger partial charge is 0.496 e. The first kappa shape index (κ1) is 13.3. The number of hydrogen-bond donors (Lipinski definition) is 1. The number of benzene rings is 1. The lowest BCUT2D eigenvalue weighted by Gasteiger charge is -2.09. The maximum atomic E-state index is 12.9. The Bertz CT molecular complexity index is 619. The molecule has 0 radical (unpaired) electrons. The predicted octanol–water partition coefficient (Wildman–Crippen LogP) is 3.14. The second kappa shape index (κ2) is 5.67. The number of aromatic nitrogens is 1. The van der Waals surface area contributed by atoms with Gasteiger partial charge in [-0.05, 0) is 30.3 Å². The molecular formula is C13H10ClFN2O2. The van der Waals surface area contributed by atoms with Crippen LogP contribution in [-0.4, -0.2) is 18.0 Å². The fourth-order valence-electron chi connectivity index (χ4n) is 1.52. The fraction of sp³-hybridized carbons (Fsp3) is 0.0769. The minimum atomic E-state index is -0.671. The molecule has 0 aliphatic carbocycles. The second-order valence-corrected chi connectivity index (χ2v) is 4.08. The number of carbonyl (C=O) groups excluding carboxylic acids is 1. The van der Waals surface area contributed by atoms with Crippen LogP contribution in [0.4, 0.5) is 10.2 Å². The molecule has 6 heteroatoms. The number of pyridine rings is 1. The zero-order chi connectivity index (χ0) is 13.8. The number of anilines is 1. The number of methoxy groups -OCH3 is 1.